The van der Waals surface area contributed by atoms with Gasteiger partial charge in [0, 0.05) is 6.54 Å². The Kier molecular flexibility index (Phi) is 5.59. The minimum atomic E-state index is -0.0224. The number of nitrogens with zero attached hydrogens (tertiary/aromatic N) is 3. The fourth-order valence-corrected chi connectivity index (χ4v) is 2.24. The minimum Gasteiger partial charge on any atom is -0.486 e. The first-order valence-electron chi connectivity index (χ1n) is 6.83. The van der Waals surface area contributed by atoms with Crippen molar-refractivity contribution in [1.82, 2.24) is 15.0 Å². The molecule has 1 unspecified atom stereocenters. The lowest BCUT2D eigenvalue weighted by atomic mass is 10.2. The van der Waals surface area contributed by atoms with E-state index in [9.17, 15) is 0 Å². The standard InChI is InChI=1S/C14H18N4O3.ClH/c1-18(8-13-16-14(6-15)21-17-13)7-10-9-19-11-4-2-3-5-12(11)20-10;/h2-5,10H,6-9,15H2,1H3;1H. The van der Waals surface area contributed by atoms with Gasteiger partial charge in [0.2, 0.25) is 5.89 Å². The number of para-hydroxylation sites is 2. The van der Waals surface area contributed by atoms with Crippen LogP contribution in [0.1, 0.15) is 11.7 Å². The largest absolute Gasteiger partial charge is 0.486 e. The summed E-state index contributed by atoms with van der Waals surface area (Å²) in [5.74, 6) is 2.65. The molecule has 0 saturated carbocycles. The molecule has 7 nitrogen and oxygen atoms in total. The first-order valence-corrected chi connectivity index (χ1v) is 6.83. The number of ether oxygens (including phenoxy) is 2. The Balaban J connectivity index is 0.00000176. The predicted octanol–water partition coefficient (Wildman–Crippen LogP) is 1.22. The van der Waals surface area contributed by atoms with E-state index in [1.807, 2.05) is 31.3 Å². The number of halogens is 1. The normalized spacial score (nSPS) is 16.4. The summed E-state index contributed by atoms with van der Waals surface area (Å²) in [4.78, 5) is 6.24. The van der Waals surface area contributed by atoms with Crippen molar-refractivity contribution in [3.63, 3.8) is 0 Å². The van der Waals surface area contributed by atoms with Gasteiger partial charge in [-0.3, -0.25) is 4.90 Å². The Bertz CT molecular complexity index is 607. The van der Waals surface area contributed by atoms with Gasteiger partial charge in [-0.05, 0) is 19.2 Å². The van der Waals surface area contributed by atoms with Crippen LogP contribution in [-0.2, 0) is 13.1 Å². The molecule has 8 heteroatoms. The molecule has 1 aliphatic rings. The van der Waals surface area contributed by atoms with Crippen molar-refractivity contribution in [2.24, 2.45) is 5.73 Å². The highest BCUT2D eigenvalue weighted by atomic mass is 35.5. The summed E-state index contributed by atoms with van der Waals surface area (Å²) in [5.41, 5.74) is 5.44. The van der Waals surface area contributed by atoms with Crippen LogP contribution < -0.4 is 15.2 Å². The molecule has 2 heterocycles. The van der Waals surface area contributed by atoms with Crippen molar-refractivity contribution in [3.8, 4) is 11.5 Å². The molecule has 0 bridgehead atoms. The Morgan fingerprint density at radius 3 is 2.82 bits per heavy atom. The van der Waals surface area contributed by atoms with Crippen LogP contribution >= 0.6 is 12.4 Å². The smallest absolute Gasteiger partial charge is 0.240 e. The van der Waals surface area contributed by atoms with E-state index in [-0.39, 0.29) is 25.1 Å². The molecule has 2 N–H and O–H groups in total. The van der Waals surface area contributed by atoms with Gasteiger partial charge in [-0.1, -0.05) is 17.3 Å². The summed E-state index contributed by atoms with van der Waals surface area (Å²) in [6.45, 7) is 2.07. The second kappa shape index (κ2) is 7.44. The van der Waals surface area contributed by atoms with E-state index in [4.69, 9.17) is 19.7 Å². The molecule has 0 saturated heterocycles. The predicted molar refractivity (Wildman–Crippen MR) is 82.1 cm³/mol. The number of fused-ring (bicyclic) bond motifs is 1. The highest BCUT2D eigenvalue weighted by Crippen LogP contribution is 2.30. The zero-order valence-electron chi connectivity index (χ0n) is 12.3. The number of rotatable bonds is 5. The second-order valence-electron chi connectivity index (χ2n) is 5.00. The minimum absolute atomic E-state index is 0. The molecule has 1 aromatic carbocycles. The highest BCUT2D eigenvalue weighted by molar-refractivity contribution is 5.85. The van der Waals surface area contributed by atoms with Crippen molar-refractivity contribution in [2.75, 3.05) is 20.2 Å². The van der Waals surface area contributed by atoms with E-state index >= 15 is 0 Å². The lowest BCUT2D eigenvalue weighted by Gasteiger charge is -2.29. The zero-order valence-corrected chi connectivity index (χ0v) is 13.1. The van der Waals surface area contributed by atoms with Crippen molar-refractivity contribution >= 4 is 12.4 Å². The third kappa shape index (κ3) is 3.88. The van der Waals surface area contributed by atoms with Gasteiger partial charge in [0.05, 0.1) is 13.1 Å². The van der Waals surface area contributed by atoms with E-state index in [0.29, 0.717) is 31.4 Å². The Hall–Kier alpha value is -1.83. The van der Waals surface area contributed by atoms with E-state index in [1.54, 1.807) is 0 Å². The van der Waals surface area contributed by atoms with Gasteiger partial charge < -0.3 is 19.7 Å². The van der Waals surface area contributed by atoms with E-state index in [0.717, 1.165) is 11.5 Å². The maximum absolute atomic E-state index is 5.92. The first kappa shape index (κ1) is 16.5. The van der Waals surface area contributed by atoms with Crippen molar-refractivity contribution in [2.45, 2.75) is 19.2 Å². The molecule has 0 aliphatic carbocycles. The summed E-state index contributed by atoms with van der Waals surface area (Å²) in [7, 11) is 1.97. The van der Waals surface area contributed by atoms with Gasteiger partial charge in [0.1, 0.15) is 12.7 Å². The average Bonchev–Trinajstić information content (AvgIpc) is 2.94. The SMILES string of the molecule is CN(Cc1noc(CN)n1)CC1COc2ccccc2O1.Cl. The Morgan fingerprint density at radius 2 is 2.09 bits per heavy atom. The van der Waals surface area contributed by atoms with Gasteiger partial charge in [-0.15, -0.1) is 12.4 Å². The van der Waals surface area contributed by atoms with Gasteiger partial charge in [-0.2, -0.15) is 4.98 Å². The molecule has 2 aromatic rings. The lowest BCUT2D eigenvalue weighted by molar-refractivity contribution is 0.0630. The topological polar surface area (TPSA) is 86.6 Å². The molecule has 3 rings (SSSR count). The highest BCUT2D eigenvalue weighted by Gasteiger charge is 2.22. The van der Waals surface area contributed by atoms with Crippen LogP contribution in [0.15, 0.2) is 28.8 Å². The molecule has 1 aromatic heterocycles. The maximum Gasteiger partial charge on any atom is 0.240 e. The van der Waals surface area contributed by atoms with Gasteiger partial charge in [0.25, 0.3) is 0 Å². The molecule has 120 valence electrons. The monoisotopic (exact) mass is 326 g/mol. The number of likely N-dealkylation sites (N-methyl/N-ethyl adjacent to an activating group) is 1. The molecule has 1 aliphatic heterocycles. The fraction of sp³-hybridized carbons (Fsp3) is 0.429. The van der Waals surface area contributed by atoms with E-state index < -0.39 is 0 Å². The third-order valence-electron chi connectivity index (χ3n) is 3.18. The zero-order chi connectivity index (χ0) is 14.7. The van der Waals surface area contributed by atoms with Gasteiger partial charge in [-0.25, -0.2) is 0 Å². The van der Waals surface area contributed by atoms with Crippen LogP contribution in [0.25, 0.3) is 0 Å². The van der Waals surface area contributed by atoms with Crippen LogP contribution in [0.2, 0.25) is 0 Å². The average molecular weight is 327 g/mol. The second-order valence-corrected chi connectivity index (χ2v) is 5.00. The lowest BCUT2D eigenvalue weighted by Crippen LogP contribution is -2.39. The molecule has 0 spiro atoms. The number of hydrogen-bond acceptors (Lipinski definition) is 7. The van der Waals surface area contributed by atoms with Crippen molar-refractivity contribution in [3.05, 3.63) is 36.0 Å². The third-order valence-corrected chi connectivity index (χ3v) is 3.18. The Morgan fingerprint density at radius 1 is 1.32 bits per heavy atom. The first-order chi connectivity index (χ1) is 10.2. The fourth-order valence-electron chi connectivity index (χ4n) is 2.24. The van der Waals surface area contributed by atoms with E-state index in [1.165, 1.54) is 0 Å². The number of nitrogens with two attached hydrogens (primary N) is 1. The van der Waals surface area contributed by atoms with Gasteiger partial charge >= 0.3 is 0 Å². The summed E-state index contributed by atoms with van der Waals surface area (Å²) in [6.07, 6.45) is -0.0224. The Labute approximate surface area is 134 Å². The molecule has 1 atom stereocenters. The summed E-state index contributed by atoms with van der Waals surface area (Å²) < 4.78 is 16.6. The van der Waals surface area contributed by atoms with Crippen molar-refractivity contribution in [1.29, 1.82) is 0 Å². The van der Waals surface area contributed by atoms with Crippen LogP contribution in [0.3, 0.4) is 0 Å². The quantitative estimate of drug-likeness (QED) is 0.884. The molecular weight excluding hydrogens is 308 g/mol. The summed E-state index contributed by atoms with van der Waals surface area (Å²) in [5, 5.41) is 3.88. The summed E-state index contributed by atoms with van der Waals surface area (Å²) in [6, 6.07) is 7.68. The van der Waals surface area contributed by atoms with Crippen LogP contribution in [0.5, 0.6) is 11.5 Å². The summed E-state index contributed by atoms with van der Waals surface area (Å²) >= 11 is 0. The maximum atomic E-state index is 5.92. The number of aromatic nitrogens is 2. The molecule has 0 amide bonds. The van der Waals surface area contributed by atoms with Crippen molar-refractivity contribution < 1.29 is 14.0 Å². The van der Waals surface area contributed by atoms with Crippen LogP contribution in [-0.4, -0.2) is 41.3 Å². The van der Waals surface area contributed by atoms with Crippen LogP contribution in [0, 0.1) is 0 Å². The molecular formula is C14H19ClN4O3. The number of benzene rings is 1. The molecule has 22 heavy (non-hydrogen) atoms. The number of hydrogen-bond donors (Lipinski definition) is 1. The molecule has 0 fully saturated rings. The van der Waals surface area contributed by atoms with Crippen LogP contribution in [0.4, 0.5) is 0 Å². The molecule has 0 radical (unpaired) electrons. The van der Waals surface area contributed by atoms with E-state index in [2.05, 4.69) is 15.0 Å². The van der Waals surface area contributed by atoms with Gasteiger partial charge in [0.15, 0.2) is 17.3 Å².